The molecule has 1 saturated carbocycles. The number of halogens is 4. The molecule has 0 radical (unpaired) electrons. The number of amides is 2. The molecule has 2 aromatic carbocycles. The number of alkyl halides is 3. The van der Waals surface area contributed by atoms with Gasteiger partial charge >= 0.3 is 6.18 Å². The van der Waals surface area contributed by atoms with Crippen LogP contribution in [0.15, 0.2) is 54.7 Å². The van der Waals surface area contributed by atoms with Gasteiger partial charge in [-0.1, -0.05) is 19.3 Å². The number of nitrogens with one attached hydrogen (secondary N) is 2. The van der Waals surface area contributed by atoms with Crippen LogP contribution in [0.25, 0.3) is 5.69 Å². The molecule has 0 atom stereocenters. The average Bonchev–Trinajstić information content (AvgIpc) is 3.33. The quantitative estimate of drug-likeness (QED) is 0.459. The lowest BCUT2D eigenvalue weighted by molar-refractivity contribution is -0.141. The smallest absolute Gasteiger partial charge is 0.323 e. The van der Waals surface area contributed by atoms with Gasteiger partial charge in [0.1, 0.15) is 5.82 Å². The molecule has 2 amide bonds. The van der Waals surface area contributed by atoms with Crippen LogP contribution in [0, 0.1) is 11.7 Å². The van der Waals surface area contributed by atoms with Gasteiger partial charge in [-0.05, 0) is 61.4 Å². The van der Waals surface area contributed by atoms with E-state index in [1.165, 1.54) is 42.6 Å². The van der Waals surface area contributed by atoms with E-state index in [0.29, 0.717) is 5.69 Å². The molecule has 4 rings (SSSR count). The van der Waals surface area contributed by atoms with E-state index in [-0.39, 0.29) is 28.8 Å². The minimum absolute atomic E-state index is 0.0112. The first-order valence-corrected chi connectivity index (χ1v) is 10.9. The van der Waals surface area contributed by atoms with Crippen molar-refractivity contribution in [3.63, 3.8) is 0 Å². The molecule has 10 heteroatoms. The molecule has 0 aliphatic heterocycles. The van der Waals surface area contributed by atoms with Gasteiger partial charge in [-0.25, -0.2) is 9.07 Å². The van der Waals surface area contributed by atoms with Gasteiger partial charge in [0.15, 0.2) is 5.69 Å². The van der Waals surface area contributed by atoms with Crippen molar-refractivity contribution in [1.29, 1.82) is 0 Å². The molecule has 3 aromatic rings. The van der Waals surface area contributed by atoms with Crippen molar-refractivity contribution < 1.29 is 27.2 Å². The molecule has 34 heavy (non-hydrogen) atoms. The highest BCUT2D eigenvalue weighted by Gasteiger charge is 2.33. The van der Waals surface area contributed by atoms with Crippen molar-refractivity contribution in [2.75, 3.05) is 10.6 Å². The van der Waals surface area contributed by atoms with Crippen molar-refractivity contribution in [3.8, 4) is 5.69 Å². The molecule has 1 aliphatic rings. The summed E-state index contributed by atoms with van der Waals surface area (Å²) in [7, 11) is 0. The molecule has 2 N–H and O–H groups in total. The Labute approximate surface area is 193 Å². The van der Waals surface area contributed by atoms with Crippen molar-refractivity contribution in [3.05, 3.63) is 71.8 Å². The van der Waals surface area contributed by atoms with Crippen LogP contribution in [0.5, 0.6) is 0 Å². The second-order valence-corrected chi connectivity index (χ2v) is 8.16. The maximum absolute atomic E-state index is 14.2. The third-order valence-corrected chi connectivity index (χ3v) is 5.73. The highest BCUT2D eigenvalue weighted by atomic mass is 19.4. The molecule has 0 saturated heterocycles. The van der Waals surface area contributed by atoms with Crippen molar-refractivity contribution in [2.24, 2.45) is 5.92 Å². The summed E-state index contributed by atoms with van der Waals surface area (Å²) in [6, 6.07) is 10.5. The lowest BCUT2D eigenvalue weighted by Crippen LogP contribution is -2.25. The van der Waals surface area contributed by atoms with E-state index in [4.69, 9.17) is 0 Å². The monoisotopic (exact) mass is 474 g/mol. The van der Waals surface area contributed by atoms with Crippen LogP contribution < -0.4 is 10.6 Å². The molecule has 1 heterocycles. The molecular weight excluding hydrogens is 452 g/mol. The van der Waals surface area contributed by atoms with E-state index in [1.807, 2.05) is 0 Å². The van der Waals surface area contributed by atoms with Gasteiger partial charge in [0, 0.05) is 23.4 Å². The summed E-state index contributed by atoms with van der Waals surface area (Å²) in [6.07, 6.45) is 1.22. The van der Waals surface area contributed by atoms with Gasteiger partial charge in [0.2, 0.25) is 5.91 Å². The van der Waals surface area contributed by atoms with Crippen molar-refractivity contribution >= 4 is 23.2 Å². The Bertz CT molecular complexity index is 1180. The van der Waals surface area contributed by atoms with Gasteiger partial charge in [0.25, 0.3) is 5.91 Å². The van der Waals surface area contributed by atoms with Crippen LogP contribution in [0.1, 0.15) is 48.2 Å². The first-order chi connectivity index (χ1) is 16.2. The normalized spacial score (nSPS) is 14.6. The summed E-state index contributed by atoms with van der Waals surface area (Å²) in [6.45, 7) is 0. The Morgan fingerprint density at radius 3 is 2.29 bits per heavy atom. The van der Waals surface area contributed by atoms with Crippen LogP contribution in [0.2, 0.25) is 0 Å². The first-order valence-electron chi connectivity index (χ1n) is 10.9. The number of hydrogen-bond donors (Lipinski definition) is 2. The van der Waals surface area contributed by atoms with Gasteiger partial charge < -0.3 is 10.6 Å². The van der Waals surface area contributed by atoms with Crippen LogP contribution in [-0.2, 0) is 11.0 Å². The fourth-order valence-corrected chi connectivity index (χ4v) is 3.89. The molecule has 0 bridgehead atoms. The van der Waals surface area contributed by atoms with Gasteiger partial charge in [0.05, 0.1) is 11.4 Å². The zero-order valence-electron chi connectivity index (χ0n) is 18.0. The number of benzene rings is 2. The average molecular weight is 474 g/mol. The van der Waals surface area contributed by atoms with E-state index in [9.17, 15) is 27.2 Å². The van der Waals surface area contributed by atoms with Gasteiger partial charge in [-0.15, -0.1) is 0 Å². The Morgan fingerprint density at radius 1 is 0.941 bits per heavy atom. The van der Waals surface area contributed by atoms with Crippen LogP contribution in [-0.4, -0.2) is 21.6 Å². The summed E-state index contributed by atoms with van der Waals surface area (Å²) in [5.41, 5.74) is -0.151. The second-order valence-electron chi connectivity index (χ2n) is 8.16. The zero-order valence-corrected chi connectivity index (χ0v) is 18.0. The van der Waals surface area contributed by atoms with E-state index in [0.717, 1.165) is 48.9 Å². The van der Waals surface area contributed by atoms with E-state index >= 15 is 0 Å². The molecule has 1 aliphatic carbocycles. The number of rotatable bonds is 5. The maximum atomic E-state index is 14.2. The van der Waals surface area contributed by atoms with Gasteiger partial charge in [-0.2, -0.15) is 18.3 Å². The third-order valence-electron chi connectivity index (χ3n) is 5.73. The Morgan fingerprint density at radius 2 is 1.65 bits per heavy atom. The Balaban J connectivity index is 1.42. The second kappa shape index (κ2) is 9.66. The predicted molar refractivity (Wildman–Crippen MR) is 118 cm³/mol. The number of aromatic nitrogens is 2. The fraction of sp³-hybridized carbons (Fsp3) is 0.292. The fourth-order valence-electron chi connectivity index (χ4n) is 3.89. The molecule has 0 spiro atoms. The molecule has 0 unspecified atom stereocenters. The zero-order chi connectivity index (χ0) is 24.3. The number of carbonyl (C=O) groups excluding carboxylic acids is 2. The Hall–Kier alpha value is -3.69. The van der Waals surface area contributed by atoms with Crippen LogP contribution >= 0.6 is 0 Å². The molecule has 1 aromatic heterocycles. The topological polar surface area (TPSA) is 76.0 Å². The predicted octanol–water partition coefficient (Wildman–Crippen LogP) is 5.80. The standard InChI is InChI=1S/C24H22F4N4O2/c25-19-11-8-17(14-20(19)30-23(34)15-4-2-1-3-5-15)29-22(33)16-6-9-18(10-7-16)32-13-12-21(31-32)24(26,27)28/h6-15H,1-5H2,(H,29,33)(H,30,34). The molecule has 6 nitrogen and oxygen atoms in total. The van der Waals surface area contributed by atoms with Crippen molar-refractivity contribution in [2.45, 2.75) is 38.3 Å². The molecule has 178 valence electrons. The van der Waals surface area contributed by atoms with Crippen LogP contribution in [0.4, 0.5) is 28.9 Å². The van der Waals surface area contributed by atoms with E-state index in [2.05, 4.69) is 15.7 Å². The van der Waals surface area contributed by atoms with Crippen molar-refractivity contribution in [1.82, 2.24) is 9.78 Å². The lowest BCUT2D eigenvalue weighted by Gasteiger charge is -2.21. The van der Waals surface area contributed by atoms with Crippen LogP contribution in [0.3, 0.4) is 0 Å². The maximum Gasteiger partial charge on any atom is 0.435 e. The SMILES string of the molecule is O=C(Nc1ccc(F)c(NC(=O)C2CCCCC2)c1)c1ccc(-n2ccc(C(F)(F)F)n2)cc1. The Kier molecular flexibility index (Phi) is 6.67. The van der Waals surface area contributed by atoms with E-state index < -0.39 is 23.6 Å². The summed E-state index contributed by atoms with van der Waals surface area (Å²) in [5.74, 6) is -1.49. The minimum Gasteiger partial charge on any atom is -0.323 e. The minimum atomic E-state index is -4.55. The third kappa shape index (κ3) is 5.44. The highest BCUT2D eigenvalue weighted by Crippen LogP contribution is 2.28. The number of hydrogen-bond acceptors (Lipinski definition) is 3. The largest absolute Gasteiger partial charge is 0.435 e. The number of anilines is 2. The first kappa shape index (κ1) is 23.5. The summed E-state index contributed by atoms with van der Waals surface area (Å²) < 4.78 is 53.5. The molecular formula is C24H22F4N4O2. The highest BCUT2D eigenvalue weighted by molar-refractivity contribution is 6.04. The number of carbonyl (C=O) groups is 2. The summed E-state index contributed by atoms with van der Waals surface area (Å²) in [5, 5.41) is 8.74. The summed E-state index contributed by atoms with van der Waals surface area (Å²) >= 11 is 0. The number of nitrogens with zero attached hydrogens (tertiary/aromatic N) is 2. The lowest BCUT2D eigenvalue weighted by atomic mass is 9.88. The van der Waals surface area contributed by atoms with E-state index in [1.54, 1.807) is 0 Å². The summed E-state index contributed by atoms with van der Waals surface area (Å²) in [4.78, 5) is 25.0. The molecule has 1 fully saturated rings. The van der Waals surface area contributed by atoms with Gasteiger partial charge in [-0.3, -0.25) is 9.59 Å².